The van der Waals surface area contributed by atoms with Gasteiger partial charge in [-0.1, -0.05) is 17.7 Å². The number of hydrogen-bond acceptors (Lipinski definition) is 5. The molecule has 29 heavy (non-hydrogen) atoms. The Labute approximate surface area is 179 Å². The summed E-state index contributed by atoms with van der Waals surface area (Å²) >= 11 is 8.97. The second kappa shape index (κ2) is 8.85. The number of nitrogens with zero attached hydrogens (tertiary/aromatic N) is 2. The molecular formula is C20H13BrClN3O4. The first kappa shape index (κ1) is 20.5. The molecule has 0 heterocycles. The molecule has 3 aromatic rings. The Morgan fingerprint density at radius 2 is 1.90 bits per heavy atom. The molecular weight excluding hydrogens is 462 g/mol. The van der Waals surface area contributed by atoms with Gasteiger partial charge in [0.15, 0.2) is 0 Å². The predicted molar refractivity (Wildman–Crippen MR) is 116 cm³/mol. The molecule has 0 spiro atoms. The van der Waals surface area contributed by atoms with E-state index in [9.17, 15) is 20.0 Å². The molecule has 0 unspecified atom stereocenters. The molecule has 3 rings (SSSR count). The number of nitro benzene ring substituents is 1. The number of halogens is 2. The second-order valence-electron chi connectivity index (χ2n) is 5.89. The normalized spacial score (nSPS) is 10.8. The summed E-state index contributed by atoms with van der Waals surface area (Å²) in [5.74, 6) is -0.445. The third-order valence-corrected chi connectivity index (χ3v) is 4.69. The minimum Gasteiger partial charge on any atom is -0.506 e. The molecule has 0 fully saturated rings. The van der Waals surface area contributed by atoms with Gasteiger partial charge in [0.1, 0.15) is 5.75 Å². The number of nitrogens with one attached hydrogen (secondary N) is 1. The van der Waals surface area contributed by atoms with Crippen LogP contribution in [0.2, 0.25) is 5.02 Å². The topological polar surface area (TPSA) is 105 Å². The Morgan fingerprint density at radius 3 is 2.55 bits per heavy atom. The molecule has 146 valence electrons. The van der Waals surface area contributed by atoms with Crippen LogP contribution < -0.4 is 5.32 Å². The highest BCUT2D eigenvalue weighted by molar-refractivity contribution is 9.10. The van der Waals surface area contributed by atoms with Crippen LogP contribution in [0.15, 0.2) is 70.1 Å². The Balaban J connectivity index is 1.74. The number of carbonyl (C=O) groups excluding carboxylic acids is 1. The largest absolute Gasteiger partial charge is 0.506 e. The van der Waals surface area contributed by atoms with Crippen molar-refractivity contribution in [1.82, 2.24) is 0 Å². The van der Waals surface area contributed by atoms with Gasteiger partial charge in [-0.25, -0.2) is 0 Å². The molecule has 9 heteroatoms. The van der Waals surface area contributed by atoms with Crippen molar-refractivity contribution in [3.05, 3.63) is 91.4 Å². The van der Waals surface area contributed by atoms with Crippen LogP contribution >= 0.6 is 27.5 Å². The monoisotopic (exact) mass is 473 g/mol. The van der Waals surface area contributed by atoms with Crippen LogP contribution in [0.25, 0.3) is 0 Å². The Hall–Kier alpha value is -3.23. The number of benzene rings is 3. The standard InChI is InChI=1S/C20H13BrClN3O4/c21-18-10-17(25(28)29)9-13(19(18)26)11-23-15-4-6-16(7-5-15)24-20(27)12-2-1-3-14(22)8-12/h1-11,26H,(H,24,27). The zero-order valence-corrected chi connectivity index (χ0v) is 17.0. The van der Waals surface area contributed by atoms with E-state index in [0.717, 1.165) is 0 Å². The molecule has 0 radical (unpaired) electrons. The molecule has 0 aliphatic rings. The summed E-state index contributed by atoms with van der Waals surface area (Å²) in [6.45, 7) is 0. The first-order valence-electron chi connectivity index (χ1n) is 8.21. The van der Waals surface area contributed by atoms with E-state index in [4.69, 9.17) is 11.6 Å². The molecule has 7 nitrogen and oxygen atoms in total. The van der Waals surface area contributed by atoms with Crippen molar-refractivity contribution in [2.75, 3.05) is 5.32 Å². The van der Waals surface area contributed by atoms with Crippen molar-refractivity contribution in [2.24, 2.45) is 4.99 Å². The maximum atomic E-state index is 12.2. The highest BCUT2D eigenvalue weighted by Crippen LogP contribution is 2.32. The lowest BCUT2D eigenvalue weighted by atomic mass is 10.2. The fourth-order valence-electron chi connectivity index (χ4n) is 2.42. The fraction of sp³-hybridized carbons (Fsp3) is 0. The van der Waals surface area contributed by atoms with E-state index < -0.39 is 4.92 Å². The molecule has 0 aliphatic carbocycles. The molecule has 0 aliphatic heterocycles. The second-order valence-corrected chi connectivity index (χ2v) is 7.18. The third-order valence-electron chi connectivity index (χ3n) is 3.85. The van der Waals surface area contributed by atoms with Gasteiger partial charge in [0.25, 0.3) is 11.6 Å². The van der Waals surface area contributed by atoms with Crippen molar-refractivity contribution in [1.29, 1.82) is 0 Å². The summed E-state index contributed by atoms with van der Waals surface area (Å²) in [6.07, 6.45) is 1.33. The maximum absolute atomic E-state index is 12.2. The number of aliphatic imine (C=N–C) groups is 1. The number of hydrogen-bond donors (Lipinski definition) is 2. The molecule has 1 amide bonds. The molecule has 0 atom stereocenters. The van der Waals surface area contributed by atoms with Crippen LogP contribution in [0.4, 0.5) is 17.1 Å². The van der Waals surface area contributed by atoms with Crippen LogP contribution in [-0.2, 0) is 0 Å². The van der Waals surface area contributed by atoms with E-state index in [1.54, 1.807) is 48.5 Å². The summed E-state index contributed by atoms with van der Waals surface area (Å²) in [7, 11) is 0. The van der Waals surface area contributed by atoms with Crippen LogP contribution in [-0.4, -0.2) is 22.2 Å². The number of phenols is 1. The number of phenolic OH excluding ortho intramolecular Hbond substituents is 1. The van der Waals surface area contributed by atoms with Gasteiger partial charge >= 0.3 is 0 Å². The smallest absolute Gasteiger partial charge is 0.271 e. The van der Waals surface area contributed by atoms with E-state index in [1.807, 2.05) is 0 Å². The van der Waals surface area contributed by atoms with Gasteiger partial charge in [0, 0.05) is 40.2 Å². The molecule has 3 aromatic carbocycles. The summed E-state index contributed by atoms with van der Waals surface area (Å²) in [6, 6.07) is 15.7. The predicted octanol–water partition coefficient (Wildman–Crippen LogP) is 5.72. The minimum atomic E-state index is -0.557. The fourth-order valence-corrected chi connectivity index (χ4v) is 3.07. The lowest BCUT2D eigenvalue weighted by Gasteiger charge is -2.06. The van der Waals surface area contributed by atoms with E-state index in [2.05, 4.69) is 26.2 Å². The van der Waals surface area contributed by atoms with Crippen molar-refractivity contribution >= 4 is 56.7 Å². The van der Waals surface area contributed by atoms with Gasteiger partial charge in [-0.2, -0.15) is 0 Å². The number of carbonyl (C=O) groups is 1. The first-order valence-corrected chi connectivity index (χ1v) is 9.38. The summed E-state index contributed by atoms with van der Waals surface area (Å²) in [5.41, 5.74) is 1.56. The van der Waals surface area contributed by atoms with Gasteiger partial charge in [-0.15, -0.1) is 0 Å². The lowest BCUT2D eigenvalue weighted by Crippen LogP contribution is -2.11. The van der Waals surface area contributed by atoms with E-state index in [1.165, 1.54) is 18.3 Å². The minimum absolute atomic E-state index is 0.148. The molecule has 2 N–H and O–H groups in total. The van der Waals surface area contributed by atoms with Crippen LogP contribution in [0.5, 0.6) is 5.75 Å². The SMILES string of the molecule is O=C(Nc1ccc(N=Cc2cc([N+](=O)[O-])cc(Br)c2O)cc1)c1cccc(Cl)c1. The van der Waals surface area contributed by atoms with Crippen molar-refractivity contribution < 1.29 is 14.8 Å². The van der Waals surface area contributed by atoms with Crippen molar-refractivity contribution in [3.8, 4) is 5.75 Å². The van der Waals surface area contributed by atoms with Gasteiger partial charge in [0.05, 0.1) is 15.1 Å². The van der Waals surface area contributed by atoms with Gasteiger partial charge in [-0.05, 0) is 58.4 Å². The van der Waals surface area contributed by atoms with Crippen LogP contribution in [0.3, 0.4) is 0 Å². The quantitative estimate of drug-likeness (QED) is 0.280. The summed E-state index contributed by atoms with van der Waals surface area (Å²) in [4.78, 5) is 26.8. The Morgan fingerprint density at radius 1 is 1.17 bits per heavy atom. The van der Waals surface area contributed by atoms with Crippen molar-refractivity contribution in [2.45, 2.75) is 0 Å². The summed E-state index contributed by atoms with van der Waals surface area (Å²) in [5, 5.41) is 24.2. The van der Waals surface area contributed by atoms with Crippen LogP contribution in [0, 0.1) is 10.1 Å². The molecule has 0 saturated carbocycles. The Kier molecular flexibility index (Phi) is 6.26. The molecule has 0 saturated heterocycles. The lowest BCUT2D eigenvalue weighted by molar-refractivity contribution is -0.385. The Bertz CT molecular complexity index is 1120. The van der Waals surface area contributed by atoms with E-state index >= 15 is 0 Å². The highest BCUT2D eigenvalue weighted by atomic mass is 79.9. The van der Waals surface area contributed by atoms with Crippen LogP contribution in [0.1, 0.15) is 15.9 Å². The summed E-state index contributed by atoms with van der Waals surface area (Å²) < 4.78 is 0.201. The van der Waals surface area contributed by atoms with Gasteiger partial charge in [0.2, 0.25) is 0 Å². The highest BCUT2D eigenvalue weighted by Gasteiger charge is 2.13. The average molecular weight is 475 g/mol. The molecule has 0 aromatic heterocycles. The number of aromatic hydroxyl groups is 1. The van der Waals surface area contributed by atoms with Gasteiger partial charge in [-0.3, -0.25) is 19.9 Å². The van der Waals surface area contributed by atoms with Gasteiger partial charge < -0.3 is 10.4 Å². The zero-order valence-electron chi connectivity index (χ0n) is 14.7. The number of anilines is 1. The number of amides is 1. The van der Waals surface area contributed by atoms with E-state index in [0.29, 0.717) is 22.0 Å². The number of nitro groups is 1. The molecule has 0 bridgehead atoms. The van der Waals surface area contributed by atoms with Crippen molar-refractivity contribution in [3.63, 3.8) is 0 Å². The number of non-ortho nitro benzene ring substituents is 1. The third kappa shape index (κ3) is 5.18. The number of rotatable bonds is 5. The average Bonchev–Trinajstić information content (AvgIpc) is 2.70. The maximum Gasteiger partial charge on any atom is 0.271 e. The first-order chi connectivity index (χ1) is 13.8. The zero-order chi connectivity index (χ0) is 21.0. The van der Waals surface area contributed by atoms with E-state index in [-0.39, 0.29) is 27.4 Å².